The van der Waals surface area contributed by atoms with E-state index in [1.807, 2.05) is 18.2 Å². The molecule has 3 aliphatic heterocycles. The number of nitrogens with zero attached hydrogens (tertiary/aromatic N) is 1. The number of rotatable bonds is 1. The van der Waals surface area contributed by atoms with Gasteiger partial charge in [0.05, 0.1) is 12.0 Å². The lowest BCUT2D eigenvalue weighted by molar-refractivity contribution is -0.144. The monoisotopic (exact) mass is 413 g/mol. The Morgan fingerprint density at radius 3 is 2.62 bits per heavy atom. The van der Waals surface area contributed by atoms with Crippen LogP contribution < -0.4 is 14.2 Å². The molecule has 29 heavy (non-hydrogen) atoms. The second-order valence-corrected chi connectivity index (χ2v) is 8.15. The predicted octanol–water partition coefficient (Wildman–Crippen LogP) is 3.51. The highest BCUT2D eigenvalue weighted by Gasteiger charge is 2.44. The first kappa shape index (κ1) is 18.3. The maximum Gasteiger partial charge on any atom is 0.267 e. The Kier molecular flexibility index (Phi) is 4.39. The number of halogens is 1. The average Bonchev–Trinajstić information content (AvgIpc) is 2.74. The molecule has 1 saturated heterocycles. The number of para-hydroxylation sites is 2. The minimum Gasteiger partial charge on any atom is -0.486 e. The van der Waals surface area contributed by atoms with Crippen LogP contribution in [0.1, 0.15) is 29.6 Å². The molecule has 1 atom stereocenters. The Labute approximate surface area is 173 Å². The van der Waals surface area contributed by atoms with Crippen molar-refractivity contribution in [1.29, 1.82) is 0 Å². The standard InChI is InChI=1S/C22H20ClNO5/c23-14-5-6-17-15(11-14)16(25)12-22(29-17)7-9-24(10-8-22)21(26)20-13-27-18-3-1-2-4-19(18)28-20/h1-6,11,20H,7-10,12-13H2. The highest BCUT2D eigenvalue weighted by Crippen LogP contribution is 2.40. The highest BCUT2D eigenvalue weighted by molar-refractivity contribution is 6.31. The van der Waals surface area contributed by atoms with Gasteiger partial charge in [0.25, 0.3) is 5.91 Å². The largest absolute Gasteiger partial charge is 0.486 e. The van der Waals surface area contributed by atoms with Gasteiger partial charge in [0.2, 0.25) is 6.10 Å². The minimum atomic E-state index is -0.657. The molecule has 0 saturated carbocycles. The van der Waals surface area contributed by atoms with Crippen molar-refractivity contribution in [3.05, 3.63) is 53.1 Å². The van der Waals surface area contributed by atoms with Gasteiger partial charge in [0.15, 0.2) is 17.3 Å². The van der Waals surface area contributed by atoms with Gasteiger partial charge < -0.3 is 19.1 Å². The number of fused-ring (bicyclic) bond motifs is 2. The first-order valence-electron chi connectivity index (χ1n) is 9.72. The molecule has 1 fully saturated rings. The van der Waals surface area contributed by atoms with Crippen molar-refractivity contribution in [2.24, 2.45) is 0 Å². The molecule has 6 nitrogen and oxygen atoms in total. The van der Waals surface area contributed by atoms with E-state index in [4.69, 9.17) is 25.8 Å². The first-order valence-corrected chi connectivity index (χ1v) is 10.1. The number of hydrogen-bond donors (Lipinski definition) is 0. The van der Waals surface area contributed by atoms with Crippen LogP contribution >= 0.6 is 11.6 Å². The van der Waals surface area contributed by atoms with Crippen LogP contribution in [0.2, 0.25) is 5.02 Å². The van der Waals surface area contributed by atoms with Gasteiger partial charge in [-0.3, -0.25) is 9.59 Å². The number of hydrogen-bond acceptors (Lipinski definition) is 5. The van der Waals surface area contributed by atoms with Crippen LogP contribution in [0.25, 0.3) is 0 Å². The van der Waals surface area contributed by atoms with Crippen LogP contribution in [0.4, 0.5) is 0 Å². The molecule has 3 heterocycles. The van der Waals surface area contributed by atoms with Crippen LogP contribution in [0.5, 0.6) is 17.2 Å². The summed E-state index contributed by atoms with van der Waals surface area (Å²) >= 11 is 6.00. The Bertz CT molecular complexity index is 983. The van der Waals surface area contributed by atoms with E-state index in [0.29, 0.717) is 60.2 Å². The molecular formula is C22H20ClNO5. The third-order valence-electron chi connectivity index (χ3n) is 5.82. The third-order valence-corrected chi connectivity index (χ3v) is 6.06. The summed E-state index contributed by atoms with van der Waals surface area (Å²) in [7, 11) is 0. The smallest absolute Gasteiger partial charge is 0.267 e. The molecule has 7 heteroatoms. The number of ether oxygens (including phenoxy) is 3. The molecule has 2 aromatic carbocycles. The molecule has 3 aliphatic rings. The summed E-state index contributed by atoms with van der Waals surface area (Å²) in [5.41, 5.74) is -0.0290. The zero-order chi connectivity index (χ0) is 20.0. The van der Waals surface area contributed by atoms with Gasteiger partial charge in [-0.2, -0.15) is 0 Å². The Morgan fingerprint density at radius 2 is 1.83 bits per heavy atom. The number of likely N-dealkylation sites (tertiary alicyclic amines) is 1. The van der Waals surface area contributed by atoms with Gasteiger partial charge in [-0.05, 0) is 30.3 Å². The molecule has 0 N–H and O–H groups in total. The van der Waals surface area contributed by atoms with Crippen molar-refractivity contribution >= 4 is 23.3 Å². The number of Topliss-reactive ketones (excluding diaryl/α,β-unsaturated/α-hetero) is 1. The van der Waals surface area contributed by atoms with Gasteiger partial charge in [-0.1, -0.05) is 23.7 Å². The zero-order valence-corrected chi connectivity index (χ0v) is 16.5. The number of benzene rings is 2. The summed E-state index contributed by atoms with van der Waals surface area (Å²) in [5.74, 6) is 1.76. The van der Waals surface area contributed by atoms with Gasteiger partial charge >= 0.3 is 0 Å². The SMILES string of the molecule is O=C1CC2(CCN(C(=O)C3COc4ccccc4O3)CC2)Oc2ccc(Cl)cc21. The van der Waals surface area contributed by atoms with Crippen molar-refractivity contribution in [2.45, 2.75) is 31.0 Å². The molecule has 1 unspecified atom stereocenters. The van der Waals surface area contributed by atoms with Gasteiger partial charge in [0.1, 0.15) is 18.0 Å². The van der Waals surface area contributed by atoms with Crippen LogP contribution in [0.15, 0.2) is 42.5 Å². The summed E-state index contributed by atoms with van der Waals surface area (Å²) < 4.78 is 17.7. The average molecular weight is 414 g/mol. The molecule has 1 amide bonds. The van der Waals surface area contributed by atoms with E-state index < -0.39 is 11.7 Å². The quantitative estimate of drug-likeness (QED) is 0.715. The number of piperidine rings is 1. The maximum absolute atomic E-state index is 12.9. The fraction of sp³-hybridized carbons (Fsp3) is 0.364. The van der Waals surface area contributed by atoms with Crippen molar-refractivity contribution in [3.8, 4) is 17.2 Å². The van der Waals surface area contributed by atoms with E-state index >= 15 is 0 Å². The maximum atomic E-state index is 12.9. The lowest BCUT2D eigenvalue weighted by Gasteiger charge is -2.44. The lowest BCUT2D eigenvalue weighted by Crippen LogP contribution is -2.55. The van der Waals surface area contributed by atoms with E-state index in [2.05, 4.69) is 0 Å². The zero-order valence-electron chi connectivity index (χ0n) is 15.7. The van der Waals surface area contributed by atoms with Crippen molar-refractivity contribution in [1.82, 2.24) is 4.90 Å². The summed E-state index contributed by atoms with van der Waals surface area (Å²) in [6.45, 7) is 1.22. The minimum absolute atomic E-state index is 0.0362. The molecule has 5 rings (SSSR count). The van der Waals surface area contributed by atoms with Gasteiger partial charge in [0, 0.05) is 31.0 Å². The second kappa shape index (κ2) is 6.95. The lowest BCUT2D eigenvalue weighted by atomic mass is 9.82. The predicted molar refractivity (Wildman–Crippen MR) is 106 cm³/mol. The van der Waals surface area contributed by atoms with Crippen LogP contribution in [-0.2, 0) is 4.79 Å². The second-order valence-electron chi connectivity index (χ2n) is 7.72. The first-order chi connectivity index (χ1) is 14.0. The van der Waals surface area contributed by atoms with Crippen LogP contribution in [-0.4, -0.2) is 48.0 Å². The fourth-order valence-electron chi connectivity index (χ4n) is 4.22. The van der Waals surface area contributed by atoms with E-state index in [1.54, 1.807) is 29.2 Å². The van der Waals surface area contributed by atoms with E-state index in [-0.39, 0.29) is 18.3 Å². The van der Waals surface area contributed by atoms with Crippen LogP contribution in [0, 0.1) is 0 Å². The van der Waals surface area contributed by atoms with Gasteiger partial charge in [-0.25, -0.2) is 0 Å². The van der Waals surface area contributed by atoms with Crippen molar-refractivity contribution < 1.29 is 23.8 Å². The number of carbonyl (C=O) groups is 2. The number of ketones is 1. The highest BCUT2D eigenvalue weighted by atomic mass is 35.5. The molecule has 150 valence electrons. The number of amides is 1. The van der Waals surface area contributed by atoms with E-state index in [1.165, 1.54) is 0 Å². The topological polar surface area (TPSA) is 65.1 Å². The third kappa shape index (κ3) is 3.31. The summed E-state index contributed by atoms with van der Waals surface area (Å²) in [5, 5.41) is 0.522. The normalized spacial score (nSPS) is 22.0. The summed E-state index contributed by atoms with van der Waals surface area (Å²) in [6, 6.07) is 12.5. The van der Waals surface area contributed by atoms with Gasteiger partial charge in [-0.15, -0.1) is 0 Å². The Balaban J connectivity index is 1.26. The van der Waals surface area contributed by atoms with E-state index in [9.17, 15) is 9.59 Å². The Hall–Kier alpha value is -2.73. The van der Waals surface area contributed by atoms with Crippen molar-refractivity contribution in [3.63, 3.8) is 0 Å². The number of carbonyl (C=O) groups excluding carboxylic acids is 2. The molecular weight excluding hydrogens is 394 g/mol. The van der Waals surface area contributed by atoms with Crippen molar-refractivity contribution in [2.75, 3.05) is 19.7 Å². The summed E-state index contributed by atoms with van der Waals surface area (Å²) in [6.07, 6.45) is 0.836. The molecule has 1 spiro atoms. The molecule has 0 aliphatic carbocycles. The fourth-order valence-corrected chi connectivity index (χ4v) is 4.40. The Morgan fingerprint density at radius 1 is 1.07 bits per heavy atom. The molecule has 2 aromatic rings. The molecule has 0 radical (unpaired) electrons. The molecule has 0 bridgehead atoms. The summed E-state index contributed by atoms with van der Waals surface area (Å²) in [4.78, 5) is 27.3. The molecule has 0 aromatic heterocycles. The van der Waals surface area contributed by atoms with E-state index in [0.717, 1.165) is 0 Å². The van der Waals surface area contributed by atoms with Crippen LogP contribution in [0.3, 0.4) is 0 Å².